The number of hydrogen-bond acceptors (Lipinski definition) is 4. The van der Waals surface area contributed by atoms with Gasteiger partial charge in [0.05, 0.1) is 11.1 Å². The van der Waals surface area contributed by atoms with Crippen LogP contribution in [0.2, 0.25) is 0 Å². The molecular weight excluding hydrogens is 304 g/mol. The van der Waals surface area contributed by atoms with Gasteiger partial charge in [-0.2, -0.15) is 0 Å². The van der Waals surface area contributed by atoms with Gasteiger partial charge in [-0.3, -0.25) is 0 Å². The van der Waals surface area contributed by atoms with Gasteiger partial charge in [-0.15, -0.1) is 0 Å². The van der Waals surface area contributed by atoms with Gasteiger partial charge < -0.3 is 9.26 Å². The predicted molar refractivity (Wildman–Crippen MR) is 77.4 cm³/mol. The maximum atomic E-state index is 13.6. The van der Waals surface area contributed by atoms with E-state index in [0.29, 0.717) is 5.69 Å². The van der Waals surface area contributed by atoms with E-state index < -0.39 is 17.6 Å². The Labute approximate surface area is 130 Å². The van der Waals surface area contributed by atoms with Gasteiger partial charge in [-0.1, -0.05) is 29.4 Å². The first-order chi connectivity index (χ1) is 11.1. The van der Waals surface area contributed by atoms with E-state index >= 15 is 0 Å². The molecule has 0 atom stereocenters. The third-order valence-corrected chi connectivity index (χ3v) is 3.14. The number of hydrogen-bond donors (Lipinski definition) is 0. The molecule has 3 rings (SSSR count). The Morgan fingerprint density at radius 2 is 1.74 bits per heavy atom. The summed E-state index contributed by atoms with van der Waals surface area (Å²) in [5.74, 6) is -1.69. The number of carbonyl (C=O) groups is 1. The van der Waals surface area contributed by atoms with Gasteiger partial charge in [0.15, 0.2) is 5.76 Å². The lowest BCUT2D eigenvalue weighted by Crippen LogP contribution is -2.07. The van der Waals surface area contributed by atoms with Crippen LogP contribution in [0.3, 0.4) is 0 Å². The summed E-state index contributed by atoms with van der Waals surface area (Å²) in [5.41, 5.74) is 0.393. The van der Waals surface area contributed by atoms with Crippen LogP contribution in [0, 0.1) is 11.6 Å². The molecular formula is C17H11F2NO3. The van der Waals surface area contributed by atoms with E-state index in [-0.39, 0.29) is 23.5 Å². The summed E-state index contributed by atoms with van der Waals surface area (Å²) in [4.78, 5) is 11.8. The summed E-state index contributed by atoms with van der Waals surface area (Å²) in [6.07, 6.45) is 0. The minimum atomic E-state index is -0.807. The van der Waals surface area contributed by atoms with Crippen molar-refractivity contribution < 1.29 is 22.8 Å². The van der Waals surface area contributed by atoms with Crippen molar-refractivity contribution in [3.63, 3.8) is 0 Å². The molecule has 0 aliphatic rings. The first-order valence-corrected chi connectivity index (χ1v) is 6.77. The lowest BCUT2D eigenvalue weighted by molar-refractivity contribution is 0.0459. The minimum absolute atomic E-state index is 0.162. The number of benzene rings is 2. The van der Waals surface area contributed by atoms with Crippen LogP contribution in [0.5, 0.6) is 0 Å². The van der Waals surface area contributed by atoms with Crippen LogP contribution in [0.1, 0.15) is 16.1 Å². The molecule has 1 heterocycles. The fourth-order valence-electron chi connectivity index (χ4n) is 2.01. The molecule has 0 saturated carbocycles. The minimum Gasteiger partial charge on any atom is -0.455 e. The summed E-state index contributed by atoms with van der Waals surface area (Å²) in [7, 11) is 0. The molecule has 0 radical (unpaired) electrons. The highest BCUT2D eigenvalue weighted by Gasteiger charge is 2.15. The summed E-state index contributed by atoms with van der Waals surface area (Å²) in [5, 5.41) is 3.71. The van der Waals surface area contributed by atoms with Crippen molar-refractivity contribution in [1.82, 2.24) is 5.16 Å². The molecule has 116 valence electrons. The summed E-state index contributed by atoms with van der Waals surface area (Å²) in [6.45, 7) is -0.203. The van der Waals surface area contributed by atoms with Gasteiger partial charge in [0.2, 0.25) is 0 Å². The maximum absolute atomic E-state index is 13.6. The zero-order valence-corrected chi connectivity index (χ0v) is 11.8. The van der Waals surface area contributed by atoms with Crippen molar-refractivity contribution in [2.24, 2.45) is 0 Å². The van der Waals surface area contributed by atoms with Gasteiger partial charge in [-0.05, 0) is 24.3 Å². The Kier molecular flexibility index (Phi) is 4.14. The molecule has 0 spiro atoms. The number of aromatic nitrogens is 1. The van der Waals surface area contributed by atoms with Crippen molar-refractivity contribution in [1.29, 1.82) is 0 Å². The first-order valence-electron chi connectivity index (χ1n) is 6.77. The van der Waals surface area contributed by atoms with E-state index in [9.17, 15) is 13.6 Å². The molecule has 0 fully saturated rings. The van der Waals surface area contributed by atoms with Crippen LogP contribution in [-0.2, 0) is 11.3 Å². The summed E-state index contributed by atoms with van der Waals surface area (Å²) < 4.78 is 37.1. The molecule has 23 heavy (non-hydrogen) atoms. The number of carbonyl (C=O) groups excluding carboxylic acids is 1. The summed E-state index contributed by atoms with van der Waals surface area (Å²) in [6, 6.07) is 13.0. The van der Waals surface area contributed by atoms with Gasteiger partial charge in [-0.25, -0.2) is 13.6 Å². The van der Waals surface area contributed by atoms with Crippen molar-refractivity contribution in [3.8, 4) is 11.3 Å². The molecule has 4 nitrogen and oxygen atoms in total. The Hall–Kier alpha value is -3.02. The second-order valence-electron chi connectivity index (χ2n) is 4.72. The smallest absolute Gasteiger partial charge is 0.341 e. The van der Waals surface area contributed by atoms with Crippen molar-refractivity contribution >= 4 is 5.97 Å². The first kappa shape index (κ1) is 14.9. The maximum Gasteiger partial charge on any atom is 0.341 e. The molecule has 2 aromatic carbocycles. The SMILES string of the molecule is O=C(OCc1cc(-c2ccccc2F)on1)c1ccccc1F. The topological polar surface area (TPSA) is 52.3 Å². The standard InChI is InChI=1S/C17H11F2NO3/c18-14-7-3-1-5-12(14)16-9-11(20-23-16)10-22-17(21)13-6-2-4-8-15(13)19/h1-9H,10H2. The van der Waals surface area contributed by atoms with Crippen LogP contribution in [-0.4, -0.2) is 11.1 Å². The molecule has 0 amide bonds. The highest BCUT2D eigenvalue weighted by Crippen LogP contribution is 2.23. The zero-order chi connectivity index (χ0) is 16.2. The van der Waals surface area contributed by atoms with Crippen LogP contribution in [0.15, 0.2) is 59.1 Å². The largest absolute Gasteiger partial charge is 0.455 e. The lowest BCUT2D eigenvalue weighted by Gasteiger charge is -2.03. The number of halogens is 2. The van der Waals surface area contributed by atoms with E-state index in [1.807, 2.05) is 0 Å². The lowest BCUT2D eigenvalue weighted by atomic mass is 10.1. The normalized spacial score (nSPS) is 10.5. The average molecular weight is 315 g/mol. The fraction of sp³-hybridized carbons (Fsp3) is 0.0588. The van der Waals surface area contributed by atoms with Crippen LogP contribution in [0.4, 0.5) is 8.78 Å². The number of nitrogens with zero attached hydrogens (tertiary/aromatic N) is 1. The van der Waals surface area contributed by atoms with Crippen molar-refractivity contribution in [3.05, 3.63) is 77.5 Å². The molecule has 0 bridgehead atoms. The Morgan fingerprint density at radius 3 is 2.48 bits per heavy atom. The third-order valence-electron chi connectivity index (χ3n) is 3.14. The van der Waals surface area contributed by atoms with Gasteiger partial charge in [0.1, 0.15) is 23.9 Å². The highest BCUT2D eigenvalue weighted by molar-refractivity contribution is 5.89. The molecule has 0 saturated heterocycles. The number of rotatable bonds is 4. The predicted octanol–water partition coefficient (Wildman–Crippen LogP) is 3.98. The Morgan fingerprint density at radius 1 is 1.04 bits per heavy atom. The van der Waals surface area contributed by atoms with E-state index in [0.717, 1.165) is 0 Å². The zero-order valence-electron chi connectivity index (χ0n) is 11.8. The molecule has 0 aliphatic carbocycles. The molecule has 0 unspecified atom stereocenters. The van der Waals surface area contributed by atoms with Gasteiger partial charge >= 0.3 is 5.97 Å². The molecule has 0 N–H and O–H groups in total. The van der Waals surface area contributed by atoms with E-state index in [2.05, 4.69) is 5.16 Å². The quantitative estimate of drug-likeness (QED) is 0.683. The van der Waals surface area contributed by atoms with E-state index in [1.54, 1.807) is 18.2 Å². The fourth-order valence-corrected chi connectivity index (χ4v) is 2.01. The monoisotopic (exact) mass is 315 g/mol. The average Bonchev–Trinajstić information content (AvgIpc) is 3.02. The van der Waals surface area contributed by atoms with Gasteiger partial charge in [0, 0.05) is 6.07 Å². The number of esters is 1. The number of ether oxygens (including phenoxy) is 1. The Balaban J connectivity index is 1.70. The van der Waals surface area contributed by atoms with Crippen molar-refractivity contribution in [2.75, 3.05) is 0 Å². The van der Waals surface area contributed by atoms with E-state index in [1.165, 1.54) is 36.4 Å². The second kappa shape index (κ2) is 6.39. The molecule has 1 aromatic heterocycles. The Bertz CT molecular complexity index is 845. The van der Waals surface area contributed by atoms with Crippen molar-refractivity contribution in [2.45, 2.75) is 6.61 Å². The highest BCUT2D eigenvalue weighted by atomic mass is 19.1. The van der Waals surface area contributed by atoms with Crippen LogP contribution in [0.25, 0.3) is 11.3 Å². The van der Waals surface area contributed by atoms with Crippen LogP contribution >= 0.6 is 0 Å². The van der Waals surface area contributed by atoms with E-state index in [4.69, 9.17) is 9.26 Å². The van der Waals surface area contributed by atoms with Crippen LogP contribution < -0.4 is 0 Å². The summed E-state index contributed by atoms with van der Waals surface area (Å²) >= 11 is 0. The van der Waals surface area contributed by atoms with Gasteiger partial charge in [0.25, 0.3) is 0 Å². The molecule has 6 heteroatoms. The molecule has 0 aliphatic heterocycles. The molecule has 3 aromatic rings. The second-order valence-corrected chi connectivity index (χ2v) is 4.72. The third kappa shape index (κ3) is 3.26.